The maximum atomic E-state index is 12.1. The lowest BCUT2D eigenvalue weighted by Gasteiger charge is -2.41. The van der Waals surface area contributed by atoms with Gasteiger partial charge in [0.25, 0.3) is 5.56 Å². The van der Waals surface area contributed by atoms with Crippen molar-refractivity contribution in [1.29, 1.82) is 0 Å². The first-order chi connectivity index (χ1) is 9.67. The van der Waals surface area contributed by atoms with Crippen molar-refractivity contribution in [2.45, 2.75) is 38.0 Å². The van der Waals surface area contributed by atoms with Crippen LogP contribution in [0.4, 0.5) is 0 Å². The van der Waals surface area contributed by atoms with Gasteiger partial charge in [0.2, 0.25) is 5.88 Å². The van der Waals surface area contributed by atoms with Crippen molar-refractivity contribution in [3.05, 3.63) is 57.6 Å². The highest BCUT2D eigenvalue weighted by atomic mass is 16.3. The standard InChI is InChI=1S/C16H18N2O2/c1-2-12-13(19)17-15(18-14(12)20)16(9-6-10-16)11-7-4-3-5-8-11/h3-5,7-8H,2,6,9-10H2,1H3,(H2,17,18,19,20). The van der Waals surface area contributed by atoms with Gasteiger partial charge in [0, 0.05) is 0 Å². The summed E-state index contributed by atoms with van der Waals surface area (Å²) in [6.45, 7) is 1.84. The minimum Gasteiger partial charge on any atom is -0.493 e. The van der Waals surface area contributed by atoms with Crippen molar-refractivity contribution in [2.75, 3.05) is 0 Å². The van der Waals surface area contributed by atoms with Gasteiger partial charge in [-0.15, -0.1) is 0 Å². The lowest BCUT2D eigenvalue weighted by atomic mass is 9.64. The fourth-order valence-corrected chi connectivity index (χ4v) is 2.98. The predicted molar refractivity (Wildman–Crippen MR) is 77.0 cm³/mol. The van der Waals surface area contributed by atoms with Crippen LogP contribution in [0.2, 0.25) is 0 Å². The number of aromatic nitrogens is 2. The molecule has 1 aliphatic carbocycles. The van der Waals surface area contributed by atoms with Crippen LogP contribution in [0.3, 0.4) is 0 Å². The average molecular weight is 270 g/mol. The lowest BCUT2D eigenvalue weighted by molar-refractivity contribution is 0.280. The maximum absolute atomic E-state index is 12.1. The van der Waals surface area contributed by atoms with Crippen molar-refractivity contribution >= 4 is 0 Å². The molecule has 1 aromatic heterocycles. The fraction of sp³-hybridized carbons (Fsp3) is 0.375. The van der Waals surface area contributed by atoms with Crippen LogP contribution in [0.5, 0.6) is 5.88 Å². The Morgan fingerprint density at radius 1 is 1.30 bits per heavy atom. The molecular weight excluding hydrogens is 252 g/mol. The molecule has 0 saturated heterocycles. The second-order valence-corrected chi connectivity index (χ2v) is 5.37. The molecule has 3 rings (SSSR count). The van der Waals surface area contributed by atoms with Crippen molar-refractivity contribution in [2.24, 2.45) is 0 Å². The minimum atomic E-state index is -0.246. The third kappa shape index (κ3) is 1.83. The number of aromatic hydroxyl groups is 1. The van der Waals surface area contributed by atoms with Gasteiger partial charge in [0.05, 0.1) is 11.0 Å². The van der Waals surface area contributed by atoms with E-state index in [0.29, 0.717) is 17.8 Å². The van der Waals surface area contributed by atoms with Gasteiger partial charge in [-0.1, -0.05) is 43.7 Å². The number of hydrogen-bond acceptors (Lipinski definition) is 3. The molecule has 20 heavy (non-hydrogen) atoms. The van der Waals surface area contributed by atoms with Gasteiger partial charge in [0.15, 0.2) is 0 Å². The second kappa shape index (κ2) is 4.78. The molecule has 1 heterocycles. The molecule has 0 atom stereocenters. The molecule has 2 N–H and O–H groups in total. The zero-order valence-corrected chi connectivity index (χ0v) is 11.5. The van der Waals surface area contributed by atoms with Crippen LogP contribution in [-0.4, -0.2) is 15.1 Å². The van der Waals surface area contributed by atoms with Crippen LogP contribution in [0.25, 0.3) is 0 Å². The van der Waals surface area contributed by atoms with Crippen LogP contribution in [0.1, 0.15) is 43.1 Å². The number of hydrogen-bond donors (Lipinski definition) is 2. The van der Waals surface area contributed by atoms with Gasteiger partial charge >= 0.3 is 0 Å². The molecule has 2 aromatic rings. The van der Waals surface area contributed by atoms with E-state index in [1.807, 2.05) is 25.1 Å². The van der Waals surface area contributed by atoms with E-state index in [4.69, 9.17) is 0 Å². The first-order valence-electron chi connectivity index (χ1n) is 7.05. The van der Waals surface area contributed by atoms with Crippen LogP contribution in [0.15, 0.2) is 35.1 Å². The van der Waals surface area contributed by atoms with Gasteiger partial charge in [-0.2, -0.15) is 4.98 Å². The average Bonchev–Trinajstić information content (AvgIpc) is 2.38. The van der Waals surface area contributed by atoms with E-state index in [2.05, 4.69) is 22.1 Å². The normalized spacial score (nSPS) is 16.6. The highest BCUT2D eigenvalue weighted by molar-refractivity contribution is 5.37. The van der Waals surface area contributed by atoms with E-state index in [-0.39, 0.29) is 16.9 Å². The number of rotatable bonds is 3. The molecule has 0 unspecified atom stereocenters. The minimum absolute atomic E-state index is 0.131. The van der Waals surface area contributed by atoms with E-state index >= 15 is 0 Å². The quantitative estimate of drug-likeness (QED) is 0.900. The van der Waals surface area contributed by atoms with Gasteiger partial charge in [-0.3, -0.25) is 4.79 Å². The van der Waals surface area contributed by atoms with E-state index in [1.54, 1.807) is 0 Å². The zero-order valence-electron chi connectivity index (χ0n) is 11.5. The van der Waals surface area contributed by atoms with E-state index in [1.165, 1.54) is 0 Å². The zero-order chi connectivity index (χ0) is 14.2. The molecule has 104 valence electrons. The summed E-state index contributed by atoms with van der Waals surface area (Å²) in [6, 6.07) is 10.1. The van der Waals surface area contributed by atoms with Crippen LogP contribution >= 0.6 is 0 Å². The van der Waals surface area contributed by atoms with Crippen molar-refractivity contribution in [3.8, 4) is 5.88 Å². The van der Waals surface area contributed by atoms with Crippen molar-refractivity contribution in [1.82, 2.24) is 9.97 Å². The van der Waals surface area contributed by atoms with Crippen molar-refractivity contribution < 1.29 is 5.11 Å². The molecule has 1 saturated carbocycles. The summed E-state index contributed by atoms with van der Waals surface area (Å²) < 4.78 is 0. The molecule has 0 amide bonds. The Morgan fingerprint density at radius 3 is 2.50 bits per heavy atom. The first-order valence-corrected chi connectivity index (χ1v) is 7.05. The van der Waals surface area contributed by atoms with Gasteiger partial charge in [0.1, 0.15) is 5.82 Å². The van der Waals surface area contributed by atoms with E-state index in [9.17, 15) is 9.90 Å². The van der Waals surface area contributed by atoms with E-state index in [0.717, 1.165) is 24.8 Å². The summed E-state index contributed by atoms with van der Waals surface area (Å²) in [5.41, 5.74) is 1.04. The monoisotopic (exact) mass is 270 g/mol. The third-order valence-electron chi connectivity index (χ3n) is 4.33. The summed E-state index contributed by atoms with van der Waals surface area (Å²) in [4.78, 5) is 19.2. The molecule has 4 nitrogen and oxygen atoms in total. The molecule has 1 fully saturated rings. The first kappa shape index (κ1) is 12.9. The SMILES string of the molecule is CCc1c(O)nc(C2(c3ccccc3)CCC2)[nH]c1=O. The van der Waals surface area contributed by atoms with Gasteiger partial charge in [-0.05, 0) is 24.8 Å². The number of nitrogens with one attached hydrogen (secondary N) is 1. The molecule has 1 aliphatic rings. The summed E-state index contributed by atoms with van der Waals surface area (Å²) in [6.07, 6.45) is 3.48. The molecule has 0 radical (unpaired) electrons. The van der Waals surface area contributed by atoms with Crippen LogP contribution in [-0.2, 0) is 11.8 Å². The molecule has 4 heteroatoms. The highest BCUT2D eigenvalue weighted by Crippen LogP contribution is 2.47. The molecule has 0 spiro atoms. The molecule has 0 aliphatic heterocycles. The highest BCUT2D eigenvalue weighted by Gasteiger charge is 2.43. The lowest BCUT2D eigenvalue weighted by Crippen LogP contribution is -2.39. The Labute approximate surface area is 117 Å². The smallest absolute Gasteiger partial charge is 0.257 e. The maximum Gasteiger partial charge on any atom is 0.257 e. The Kier molecular flexibility index (Phi) is 3.08. The molecular formula is C16H18N2O2. The third-order valence-corrected chi connectivity index (χ3v) is 4.33. The van der Waals surface area contributed by atoms with Gasteiger partial charge in [-0.25, -0.2) is 0 Å². The number of aromatic amines is 1. The summed E-state index contributed by atoms with van der Waals surface area (Å²) in [5, 5.41) is 9.97. The Balaban J connectivity index is 2.14. The topological polar surface area (TPSA) is 66.0 Å². The Hall–Kier alpha value is -2.10. The van der Waals surface area contributed by atoms with Gasteiger partial charge < -0.3 is 10.1 Å². The Morgan fingerprint density at radius 2 is 2.00 bits per heavy atom. The summed E-state index contributed by atoms with van der Waals surface area (Å²) in [7, 11) is 0. The number of H-pyrrole nitrogens is 1. The van der Waals surface area contributed by atoms with Crippen LogP contribution in [0, 0.1) is 0 Å². The van der Waals surface area contributed by atoms with E-state index < -0.39 is 0 Å². The van der Waals surface area contributed by atoms with Crippen molar-refractivity contribution in [3.63, 3.8) is 0 Å². The summed E-state index contributed by atoms with van der Waals surface area (Å²) in [5.74, 6) is 0.461. The fourth-order valence-electron chi connectivity index (χ4n) is 2.98. The molecule has 0 bridgehead atoms. The number of benzene rings is 1. The second-order valence-electron chi connectivity index (χ2n) is 5.37. The predicted octanol–water partition coefficient (Wildman–Crippen LogP) is 2.51. The summed E-state index contributed by atoms with van der Waals surface area (Å²) >= 11 is 0. The van der Waals surface area contributed by atoms with Crippen LogP contribution < -0.4 is 5.56 Å². The number of nitrogens with zero attached hydrogens (tertiary/aromatic N) is 1. The Bertz CT molecular complexity index is 673. The molecule has 1 aromatic carbocycles. The largest absolute Gasteiger partial charge is 0.493 e.